The minimum absolute atomic E-state index is 0.661. The van der Waals surface area contributed by atoms with E-state index in [9.17, 15) is 0 Å². The average Bonchev–Trinajstić information content (AvgIpc) is 3.03. The van der Waals surface area contributed by atoms with E-state index in [0.717, 1.165) is 51.6 Å². The van der Waals surface area contributed by atoms with Gasteiger partial charge in [-0.15, -0.1) is 0 Å². The maximum atomic E-state index is 5.43. The van der Waals surface area contributed by atoms with Crippen LogP contribution in [-0.4, -0.2) is 57.1 Å². The molecule has 0 spiro atoms. The van der Waals surface area contributed by atoms with Crippen molar-refractivity contribution in [3.8, 4) is 0 Å². The fourth-order valence-corrected chi connectivity index (χ4v) is 1.92. The van der Waals surface area contributed by atoms with E-state index in [1.165, 1.54) is 0 Å². The number of hydrogen-bond acceptors (Lipinski definition) is 3. The molecule has 0 saturated carbocycles. The summed E-state index contributed by atoms with van der Waals surface area (Å²) in [4.78, 5) is 4.57. The molecule has 0 unspecified atom stereocenters. The second-order valence-electron chi connectivity index (χ2n) is 4.92. The van der Waals surface area contributed by atoms with Crippen LogP contribution in [0.2, 0.25) is 0 Å². The lowest BCUT2D eigenvalue weighted by Crippen LogP contribution is -2.38. The first-order chi connectivity index (χ1) is 10.9. The highest BCUT2D eigenvalue weighted by molar-refractivity contribution is 5.79. The van der Waals surface area contributed by atoms with Gasteiger partial charge in [-0.25, -0.2) is 0 Å². The largest absolute Gasteiger partial charge is 0.382 e. The van der Waals surface area contributed by atoms with Crippen LogP contribution in [0.5, 0.6) is 0 Å². The number of rotatable bonds is 12. The average molecular weight is 310 g/mol. The molecule has 0 atom stereocenters. The minimum Gasteiger partial charge on any atom is -0.382 e. The molecule has 1 rings (SSSR count). The van der Waals surface area contributed by atoms with E-state index in [-0.39, 0.29) is 0 Å². The fraction of sp³-hybridized carbons (Fsp3) is 0.688. The van der Waals surface area contributed by atoms with Crippen LogP contribution >= 0.6 is 0 Å². The van der Waals surface area contributed by atoms with E-state index in [4.69, 9.17) is 9.47 Å². The lowest BCUT2D eigenvalue weighted by molar-refractivity contribution is 0.0690. The molecule has 0 fully saturated rings. The summed E-state index contributed by atoms with van der Waals surface area (Å²) in [5, 5.41) is 6.61. The third-order valence-electron chi connectivity index (χ3n) is 3.07. The Labute approximate surface area is 133 Å². The number of methoxy groups -OCH3 is 1. The van der Waals surface area contributed by atoms with Gasteiger partial charge < -0.3 is 24.7 Å². The van der Waals surface area contributed by atoms with Crippen LogP contribution < -0.4 is 10.6 Å². The topological polar surface area (TPSA) is 59.8 Å². The summed E-state index contributed by atoms with van der Waals surface area (Å²) < 4.78 is 12.5. The lowest BCUT2D eigenvalue weighted by atomic mass is 10.3. The van der Waals surface area contributed by atoms with Crippen molar-refractivity contribution in [2.45, 2.75) is 26.3 Å². The molecule has 0 radical (unpaired) electrons. The Bertz CT molecular complexity index is 380. The molecule has 1 aromatic heterocycles. The molecule has 6 nitrogen and oxygen atoms in total. The minimum atomic E-state index is 0.661. The van der Waals surface area contributed by atoms with Gasteiger partial charge in [-0.1, -0.05) is 0 Å². The van der Waals surface area contributed by atoms with Gasteiger partial charge in [0.15, 0.2) is 5.96 Å². The Morgan fingerprint density at radius 1 is 1.09 bits per heavy atom. The molecule has 126 valence electrons. The zero-order chi connectivity index (χ0) is 15.9. The smallest absolute Gasteiger partial charge is 0.191 e. The van der Waals surface area contributed by atoms with E-state index in [0.29, 0.717) is 13.2 Å². The van der Waals surface area contributed by atoms with Gasteiger partial charge in [0, 0.05) is 52.3 Å². The second-order valence-corrected chi connectivity index (χ2v) is 4.92. The monoisotopic (exact) mass is 310 g/mol. The molecule has 0 aliphatic carbocycles. The van der Waals surface area contributed by atoms with Crippen molar-refractivity contribution in [1.29, 1.82) is 0 Å². The van der Waals surface area contributed by atoms with Crippen LogP contribution in [0.15, 0.2) is 29.5 Å². The summed E-state index contributed by atoms with van der Waals surface area (Å²) in [6.45, 7) is 7.66. The van der Waals surface area contributed by atoms with Crippen molar-refractivity contribution in [1.82, 2.24) is 15.2 Å². The van der Waals surface area contributed by atoms with Crippen LogP contribution in [0.4, 0.5) is 0 Å². The normalized spacial score (nSPS) is 11.6. The summed E-state index contributed by atoms with van der Waals surface area (Å²) in [5.74, 6) is 0.884. The SMILES string of the molecule is CCNC(=NCCCCOCCOC)NCCn1cccc1. The first kappa shape index (κ1) is 18.5. The number of nitrogens with zero attached hydrogens (tertiary/aromatic N) is 2. The highest BCUT2D eigenvalue weighted by Gasteiger charge is 1.97. The molecule has 2 N–H and O–H groups in total. The molecule has 1 heterocycles. The van der Waals surface area contributed by atoms with E-state index in [2.05, 4.69) is 39.5 Å². The fourth-order valence-electron chi connectivity index (χ4n) is 1.92. The highest BCUT2D eigenvalue weighted by Crippen LogP contribution is 1.92. The predicted octanol–water partition coefficient (Wildman–Crippen LogP) is 1.49. The van der Waals surface area contributed by atoms with Gasteiger partial charge in [-0.2, -0.15) is 0 Å². The van der Waals surface area contributed by atoms with Gasteiger partial charge >= 0.3 is 0 Å². The Balaban J connectivity index is 2.10. The van der Waals surface area contributed by atoms with Crippen LogP contribution in [-0.2, 0) is 16.0 Å². The zero-order valence-electron chi connectivity index (χ0n) is 13.9. The number of aromatic nitrogens is 1. The van der Waals surface area contributed by atoms with Gasteiger partial charge in [-0.3, -0.25) is 4.99 Å². The molecule has 0 aromatic carbocycles. The van der Waals surface area contributed by atoms with Crippen LogP contribution in [0, 0.1) is 0 Å². The Hall–Kier alpha value is -1.53. The summed E-state index contributed by atoms with van der Waals surface area (Å²) in [7, 11) is 1.68. The van der Waals surface area contributed by atoms with Crippen molar-refractivity contribution in [3.63, 3.8) is 0 Å². The van der Waals surface area contributed by atoms with E-state index in [1.807, 2.05) is 12.1 Å². The first-order valence-corrected chi connectivity index (χ1v) is 8.06. The number of ether oxygens (including phenoxy) is 2. The maximum absolute atomic E-state index is 5.43. The van der Waals surface area contributed by atoms with Gasteiger partial charge in [0.05, 0.1) is 13.2 Å². The van der Waals surface area contributed by atoms with Crippen LogP contribution in [0.25, 0.3) is 0 Å². The lowest BCUT2D eigenvalue weighted by Gasteiger charge is -2.11. The third kappa shape index (κ3) is 9.41. The summed E-state index contributed by atoms with van der Waals surface area (Å²) in [6.07, 6.45) is 6.18. The molecule has 6 heteroatoms. The molecule has 22 heavy (non-hydrogen) atoms. The molecule has 0 saturated heterocycles. The summed E-state index contributed by atoms with van der Waals surface area (Å²) in [6, 6.07) is 4.07. The molecule has 0 aliphatic heterocycles. The molecular formula is C16H30N4O2. The van der Waals surface area contributed by atoms with Crippen LogP contribution in [0.1, 0.15) is 19.8 Å². The van der Waals surface area contributed by atoms with Gasteiger partial charge in [0.25, 0.3) is 0 Å². The predicted molar refractivity (Wildman–Crippen MR) is 90.3 cm³/mol. The summed E-state index contributed by atoms with van der Waals surface area (Å²) in [5.41, 5.74) is 0. The molecule has 0 bridgehead atoms. The van der Waals surface area contributed by atoms with Crippen molar-refractivity contribution >= 4 is 5.96 Å². The van der Waals surface area contributed by atoms with E-state index in [1.54, 1.807) is 7.11 Å². The van der Waals surface area contributed by atoms with Crippen molar-refractivity contribution < 1.29 is 9.47 Å². The second kappa shape index (κ2) is 13.2. The number of nitrogens with one attached hydrogen (secondary N) is 2. The standard InChI is InChI=1S/C16H30N4O2/c1-3-17-16(19-9-12-20-10-5-6-11-20)18-8-4-7-13-22-15-14-21-2/h5-6,10-11H,3-4,7-9,12-15H2,1-2H3,(H2,17,18,19). The number of guanidine groups is 1. The Kier molecular flexibility index (Phi) is 11.1. The van der Waals surface area contributed by atoms with Crippen molar-refractivity contribution in [3.05, 3.63) is 24.5 Å². The highest BCUT2D eigenvalue weighted by atomic mass is 16.5. The molecule has 0 aliphatic rings. The number of hydrogen-bond donors (Lipinski definition) is 2. The molecular weight excluding hydrogens is 280 g/mol. The summed E-state index contributed by atoms with van der Waals surface area (Å²) >= 11 is 0. The van der Waals surface area contributed by atoms with E-state index < -0.39 is 0 Å². The third-order valence-corrected chi connectivity index (χ3v) is 3.07. The molecule has 1 aromatic rings. The van der Waals surface area contributed by atoms with Crippen LogP contribution in [0.3, 0.4) is 0 Å². The molecule has 0 amide bonds. The number of aliphatic imine (C=N–C) groups is 1. The number of unbranched alkanes of at least 4 members (excludes halogenated alkanes) is 1. The van der Waals surface area contributed by atoms with Crippen molar-refractivity contribution in [2.24, 2.45) is 4.99 Å². The van der Waals surface area contributed by atoms with Gasteiger partial charge in [-0.05, 0) is 31.9 Å². The first-order valence-electron chi connectivity index (χ1n) is 8.06. The van der Waals surface area contributed by atoms with Gasteiger partial charge in [0.1, 0.15) is 0 Å². The van der Waals surface area contributed by atoms with E-state index >= 15 is 0 Å². The maximum Gasteiger partial charge on any atom is 0.191 e. The quantitative estimate of drug-likeness (QED) is 0.349. The zero-order valence-corrected chi connectivity index (χ0v) is 13.9. The van der Waals surface area contributed by atoms with Gasteiger partial charge in [0.2, 0.25) is 0 Å². The Morgan fingerprint density at radius 2 is 1.91 bits per heavy atom. The Morgan fingerprint density at radius 3 is 2.64 bits per heavy atom. The van der Waals surface area contributed by atoms with Crippen molar-refractivity contribution in [2.75, 3.05) is 46.6 Å².